The van der Waals surface area contributed by atoms with Crippen molar-refractivity contribution in [3.63, 3.8) is 0 Å². The molecule has 1 heterocycles. The molecule has 0 radical (unpaired) electrons. The summed E-state index contributed by atoms with van der Waals surface area (Å²) in [6.45, 7) is 2.07. The number of aryl methyl sites for hydroxylation is 1. The molecule has 4 heteroatoms. The molecule has 0 unspecified atom stereocenters. The van der Waals surface area contributed by atoms with Crippen molar-refractivity contribution in [2.24, 2.45) is 0 Å². The molecule has 0 atom stereocenters. The van der Waals surface area contributed by atoms with Crippen molar-refractivity contribution < 1.29 is 4.79 Å². The summed E-state index contributed by atoms with van der Waals surface area (Å²) in [5.74, 6) is -0.157. The van der Waals surface area contributed by atoms with Crippen molar-refractivity contribution in [1.29, 1.82) is 5.26 Å². The van der Waals surface area contributed by atoms with Crippen LogP contribution in [0.3, 0.4) is 0 Å². The van der Waals surface area contributed by atoms with Gasteiger partial charge in [-0.1, -0.05) is 6.92 Å². The molecule has 1 aliphatic carbocycles. The Labute approximate surface area is 105 Å². The second kappa shape index (κ2) is 5.15. The Morgan fingerprint density at radius 3 is 2.94 bits per heavy atom. The zero-order valence-electron chi connectivity index (χ0n) is 9.69. The molecular weight excluding hydrogens is 232 g/mol. The van der Waals surface area contributed by atoms with E-state index in [0.29, 0.717) is 11.6 Å². The molecule has 1 aromatic heterocycles. The van der Waals surface area contributed by atoms with Gasteiger partial charge in [0.05, 0.1) is 5.57 Å². The lowest BCUT2D eigenvalue weighted by Gasteiger charge is -1.98. The molecule has 88 valence electrons. The third kappa shape index (κ3) is 3.18. The molecule has 2 rings (SSSR count). The van der Waals surface area contributed by atoms with Gasteiger partial charge in [-0.2, -0.15) is 5.26 Å². The van der Waals surface area contributed by atoms with E-state index in [0.717, 1.165) is 24.1 Å². The van der Waals surface area contributed by atoms with E-state index >= 15 is 0 Å². The second-order valence-corrected chi connectivity index (χ2v) is 5.24. The van der Waals surface area contributed by atoms with Crippen molar-refractivity contribution in [2.45, 2.75) is 32.2 Å². The molecule has 0 saturated heterocycles. The molecule has 1 fully saturated rings. The van der Waals surface area contributed by atoms with E-state index in [1.54, 1.807) is 11.3 Å². The van der Waals surface area contributed by atoms with Gasteiger partial charge in [0.25, 0.3) is 0 Å². The van der Waals surface area contributed by atoms with Gasteiger partial charge in [0, 0.05) is 21.9 Å². The summed E-state index contributed by atoms with van der Waals surface area (Å²) in [5, 5.41) is 11.9. The summed E-state index contributed by atoms with van der Waals surface area (Å²) >= 11 is 1.57. The Balaban J connectivity index is 2.11. The maximum absolute atomic E-state index is 11.6. The Bertz CT molecular complexity index is 492. The molecule has 1 amide bonds. The topological polar surface area (TPSA) is 52.9 Å². The fourth-order valence-electron chi connectivity index (χ4n) is 1.47. The van der Waals surface area contributed by atoms with Crippen LogP contribution in [-0.4, -0.2) is 11.9 Å². The highest BCUT2D eigenvalue weighted by atomic mass is 32.1. The number of allylic oxidation sites excluding steroid dienone is 1. The van der Waals surface area contributed by atoms with Crippen molar-refractivity contribution >= 4 is 22.8 Å². The van der Waals surface area contributed by atoms with Gasteiger partial charge in [0.2, 0.25) is 5.91 Å². The average Bonchev–Trinajstić information content (AvgIpc) is 3.00. The van der Waals surface area contributed by atoms with E-state index in [-0.39, 0.29) is 5.91 Å². The monoisotopic (exact) mass is 246 g/mol. The lowest BCUT2D eigenvalue weighted by atomic mass is 10.2. The van der Waals surface area contributed by atoms with Crippen LogP contribution in [0.5, 0.6) is 0 Å². The van der Waals surface area contributed by atoms with Crippen molar-refractivity contribution in [2.75, 3.05) is 0 Å². The Hall–Kier alpha value is -1.60. The first-order chi connectivity index (χ1) is 8.22. The molecule has 1 aliphatic rings. The zero-order valence-corrected chi connectivity index (χ0v) is 10.5. The molecule has 1 saturated carbocycles. The van der Waals surface area contributed by atoms with Crippen molar-refractivity contribution in [1.82, 2.24) is 5.32 Å². The van der Waals surface area contributed by atoms with Crippen LogP contribution in [-0.2, 0) is 11.2 Å². The normalized spacial score (nSPS) is 15.4. The Kier molecular flexibility index (Phi) is 3.60. The Morgan fingerprint density at radius 1 is 1.65 bits per heavy atom. The Morgan fingerprint density at radius 2 is 2.41 bits per heavy atom. The summed E-state index contributed by atoms with van der Waals surface area (Å²) in [4.78, 5) is 13.7. The predicted molar refractivity (Wildman–Crippen MR) is 68.5 cm³/mol. The minimum Gasteiger partial charge on any atom is -0.350 e. The molecule has 0 spiro atoms. The lowest BCUT2D eigenvalue weighted by molar-refractivity contribution is -0.116. The number of carbonyl (C=O) groups is 1. The van der Waals surface area contributed by atoms with Gasteiger partial charge in [-0.25, -0.2) is 0 Å². The van der Waals surface area contributed by atoms with E-state index < -0.39 is 0 Å². The van der Waals surface area contributed by atoms with Crippen LogP contribution >= 0.6 is 11.3 Å². The SMILES string of the molecule is CCc1ccc(/C(C#N)=C/C(=O)NC2CC2)s1. The zero-order chi connectivity index (χ0) is 12.3. The number of nitrogens with zero attached hydrogens (tertiary/aromatic N) is 1. The number of hydrogen-bond donors (Lipinski definition) is 1. The third-order valence-corrected chi connectivity index (χ3v) is 3.86. The fraction of sp³-hybridized carbons (Fsp3) is 0.385. The summed E-state index contributed by atoms with van der Waals surface area (Å²) in [6, 6.07) is 6.33. The minimum atomic E-state index is -0.157. The van der Waals surface area contributed by atoms with Gasteiger partial charge >= 0.3 is 0 Å². The summed E-state index contributed by atoms with van der Waals surface area (Å²) in [5.41, 5.74) is 0.452. The number of amides is 1. The number of carbonyl (C=O) groups excluding carboxylic acids is 1. The molecule has 3 nitrogen and oxygen atoms in total. The lowest BCUT2D eigenvalue weighted by Crippen LogP contribution is -2.23. The van der Waals surface area contributed by atoms with Crippen molar-refractivity contribution in [3.05, 3.63) is 28.0 Å². The average molecular weight is 246 g/mol. The first kappa shape index (κ1) is 11.9. The van der Waals surface area contributed by atoms with Crippen LogP contribution in [0.4, 0.5) is 0 Å². The van der Waals surface area contributed by atoms with Gasteiger partial charge in [-0.3, -0.25) is 4.79 Å². The number of nitrogens with one attached hydrogen (secondary N) is 1. The van der Waals surface area contributed by atoms with Crippen LogP contribution in [0, 0.1) is 11.3 Å². The first-order valence-corrected chi connectivity index (χ1v) is 6.56. The number of thiophene rings is 1. The van der Waals surface area contributed by atoms with Crippen LogP contribution in [0.2, 0.25) is 0 Å². The minimum absolute atomic E-state index is 0.157. The fourth-order valence-corrected chi connectivity index (χ4v) is 2.39. The van der Waals surface area contributed by atoms with Gasteiger partial charge in [-0.15, -0.1) is 11.3 Å². The number of hydrogen-bond acceptors (Lipinski definition) is 3. The van der Waals surface area contributed by atoms with Crippen LogP contribution in [0.1, 0.15) is 29.5 Å². The molecule has 0 aliphatic heterocycles. The smallest absolute Gasteiger partial charge is 0.245 e. The van der Waals surface area contributed by atoms with Gasteiger partial charge in [0.1, 0.15) is 6.07 Å². The van der Waals surface area contributed by atoms with Gasteiger partial charge < -0.3 is 5.32 Å². The largest absolute Gasteiger partial charge is 0.350 e. The molecule has 17 heavy (non-hydrogen) atoms. The number of rotatable bonds is 4. The van der Waals surface area contributed by atoms with Crippen LogP contribution in [0.15, 0.2) is 18.2 Å². The van der Waals surface area contributed by atoms with E-state index in [2.05, 4.69) is 18.3 Å². The van der Waals surface area contributed by atoms with E-state index in [1.807, 2.05) is 12.1 Å². The maximum Gasteiger partial charge on any atom is 0.245 e. The van der Waals surface area contributed by atoms with Gasteiger partial charge in [-0.05, 0) is 31.4 Å². The molecule has 0 bridgehead atoms. The molecule has 0 aromatic carbocycles. The van der Waals surface area contributed by atoms with E-state index in [9.17, 15) is 4.79 Å². The highest BCUT2D eigenvalue weighted by Gasteiger charge is 2.22. The molecule has 1 N–H and O–H groups in total. The highest BCUT2D eigenvalue weighted by molar-refractivity contribution is 7.13. The van der Waals surface area contributed by atoms with Crippen molar-refractivity contribution in [3.8, 4) is 6.07 Å². The molecule has 1 aromatic rings. The van der Waals surface area contributed by atoms with E-state index in [1.165, 1.54) is 11.0 Å². The summed E-state index contributed by atoms with van der Waals surface area (Å²) < 4.78 is 0. The standard InChI is InChI=1S/C13H14N2OS/c1-2-11-5-6-12(17-11)9(8-14)7-13(16)15-10-3-4-10/h5-7,10H,2-4H2,1H3,(H,15,16)/b9-7+. The van der Waals surface area contributed by atoms with Crippen LogP contribution in [0.25, 0.3) is 5.57 Å². The second-order valence-electron chi connectivity index (χ2n) is 4.07. The number of nitriles is 1. The third-order valence-electron chi connectivity index (χ3n) is 2.60. The predicted octanol–water partition coefficient (Wildman–Crippen LogP) is 2.50. The quantitative estimate of drug-likeness (QED) is 0.655. The van der Waals surface area contributed by atoms with E-state index in [4.69, 9.17) is 5.26 Å². The molecular formula is C13H14N2OS. The van der Waals surface area contributed by atoms with Crippen LogP contribution < -0.4 is 5.32 Å². The highest BCUT2D eigenvalue weighted by Crippen LogP contribution is 2.24. The summed E-state index contributed by atoms with van der Waals surface area (Å²) in [7, 11) is 0. The van der Waals surface area contributed by atoms with Gasteiger partial charge in [0.15, 0.2) is 0 Å². The maximum atomic E-state index is 11.6. The summed E-state index contributed by atoms with van der Waals surface area (Å²) in [6.07, 6.45) is 4.47. The first-order valence-electron chi connectivity index (χ1n) is 5.74.